The molecule has 2 heteroatoms. The van der Waals surface area contributed by atoms with Crippen LogP contribution in [0.3, 0.4) is 0 Å². The predicted octanol–water partition coefficient (Wildman–Crippen LogP) is 9.53. The van der Waals surface area contributed by atoms with Crippen molar-refractivity contribution in [2.24, 2.45) is 16.7 Å². The first-order valence-electron chi connectivity index (χ1n) is 14.6. The highest BCUT2D eigenvalue weighted by Gasteiger charge is 2.50. The molecule has 0 aromatic carbocycles. The van der Waals surface area contributed by atoms with Crippen LogP contribution < -0.4 is 5.32 Å². The Kier molecular flexibility index (Phi) is 12.0. The summed E-state index contributed by atoms with van der Waals surface area (Å²) < 4.78 is 0. The van der Waals surface area contributed by atoms with Gasteiger partial charge < -0.3 is 5.32 Å². The van der Waals surface area contributed by atoms with E-state index in [9.17, 15) is 4.79 Å². The fourth-order valence-corrected chi connectivity index (χ4v) is 7.63. The van der Waals surface area contributed by atoms with E-state index in [4.69, 9.17) is 0 Å². The summed E-state index contributed by atoms with van der Waals surface area (Å²) in [6.07, 6.45) is 28.7. The number of allylic oxidation sites excluding steroid dienone is 2. The van der Waals surface area contributed by atoms with Gasteiger partial charge in [-0.2, -0.15) is 0 Å². The molecule has 2 saturated carbocycles. The van der Waals surface area contributed by atoms with E-state index in [0.717, 1.165) is 18.8 Å². The van der Waals surface area contributed by atoms with Gasteiger partial charge in [0.05, 0.1) is 0 Å². The second kappa shape index (κ2) is 13.9. The summed E-state index contributed by atoms with van der Waals surface area (Å²) in [6.45, 7) is 11.9. The van der Waals surface area contributed by atoms with Crippen molar-refractivity contribution in [1.29, 1.82) is 0 Å². The SMILES string of the molecule is CCCCCCCC/C=C\CCCCCCCC(=O)NC1(C)CC2CC(C)(C)CC(C)(C2)C1. The number of nitrogens with one attached hydrogen (secondary N) is 1. The van der Waals surface area contributed by atoms with Gasteiger partial charge in [0.2, 0.25) is 5.91 Å². The summed E-state index contributed by atoms with van der Waals surface area (Å²) in [4.78, 5) is 12.7. The van der Waals surface area contributed by atoms with Crippen LogP contribution in [0.25, 0.3) is 0 Å². The Balaban J connectivity index is 1.48. The molecule has 3 unspecified atom stereocenters. The number of unbranched alkanes of at least 4 members (excludes halogenated alkanes) is 11. The van der Waals surface area contributed by atoms with Crippen molar-refractivity contribution in [1.82, 2.24) is 5.32 Å². The first-order valence-corrected chi connectivity index (χ1v) is 14.6. The van der Waals surface area contributed by atoms with Crippen LogP contribution in [0.1, 0.15) is 157 Å². The number of carbonyl (C=O) groups is 1. The summed E-state index contributed by atoms with van der Waals surface area (Å²) in [5.41, 5.74) is 0.871. The maximum absolute atomic E-state index is 12.7. The van der Waals surface area contributed by atoms with Gasteiger partial charge >= 0.3 is 0 Å². The number of hydrogen-bond donors (Lipinski definition) is 1. The predicted molar refractivity (Wildman–Crippen MR) is 144 cm³/mol. The third-order valence-corrected chi connectivity index (χ3v) is 8.19. The summed E-state index contributed by atoms with van der Waals surface area (Å²) in [6, 6.07) is 0. The second-order valence-electron chi connectivity index (χ2n) is 13.2. The minimum absolute atomic E-state index is 0.00704. The van der Waals surface area contributed by atoms with Gasteiger partial charge in [0.1, 0.15) is 0 Å². The highest BCUT2D eigenvalue weighted by molar-refractivity contribution is 5.76. The van der Waals surface area contributed by atoms with Gasteiger partial charge in [-0.05, 0) is 87.9 Å². The Labute approximate surface area is 207 Å². The molecular formula is C31H57NO. The molecule has 2 bridgehead atoms. The molecule has 0 aromatic rings. The smallest absolute Gasteiger partial charge is 0.220 e. The second-order valence-corrected chi connectivity index (χ2v) is 13.2. The molecule has 1 amide bonds. The molecule has 2 nitrogen and oxygen atoms in total. The zero-order chi connectivity index (χ0) is 24.2. The molecule has 0 aromatic heterocycles. The normalized spacial score (nSPS) is 28.8. The minimum atomic E-state index is 0.00704. The van der Waals surface area contributed by atoms with Crippen molar-refractivity contribution in [3.05, 3.63) is 12.2 Å². The van der Waals surface area contributed by atoms with Crippen molar-refractivity contribution in [2.45, 2.75) is 162 Å². The van der Waals surface area contributed by atoms with Gasteiger partial charge in [0, 0.05) is 12.0 Å². The van der Waals surface area contributed by atoms with E-state index in [1.807, 2.05) is 0 Å². The third kappa shape index (κ3) is 11.5. The number of hydrogen-bond acceptors (Lipinski definition) is 1. The maximum atomic E-state index is 12.7. The van der Waals surface area contributed by atoms with Crippen LogP contribution >= 0.6 is 0 Å². The maximum Gasteiger partial charge on any atom is 0.220 e. The van der Waals surface area contributed by atoms with Crippen LogP contribution in [0, 0.1) is 16.7 Å². The lowest BCUT2D eigenvalue weighted by Gasteiger charge is -2.56. The van der Waals surface area contributed by atoms with Crippen LogP contribution in [-0.4, -0.2) is 11.4 Å². The number of rotatable bonds is 16. The standard InChI is InChI=1S/C31H57NO/c1-6-7-8-9-10-11-12-13-14-15-16-17-18-19-20-21-28(33)32-31(5)24-27-22-29(2,3)25-30(4,23-27)26-31/h13-14,27H,6-12,15-26H2,1-5H3,(H,32,33)/b14-13-. The molecule has 2 fully saturated rings. The zero-order valence-electron chi connectivity index (χ0n) is 23.1. The summed E-state index contributed by atoms with van der Waals surface area (Å²) in [7, 11) is 0. The molecule has 1 N–H and O–H groups in total. The van der Waals surface area contributed by atoms with Crippen molar-refractivity contribution in [3.63, 3.8) is 0 Å². The molecular weight excluding hydrogens is 402 g/mol. The van der Waals surface area contributed by atoms with Crippen molar-refractivity contribution >= 4 is 5.91 Å². The molecule has 0 aliphatic heterocycles. The monoisotopic (exact) mass is 459 g/mol. The molecule has 192 valence electrons. The Morgan fingerprint density at radius 3 is 1.94 bits per heavy atom. The Morgan fingerprint density at radius 2 is 1.33 bits per heavy atom. The quantitative estimate of drug-likeness (QED) is 0.181. The van der Waals surface area contributed by atoms with E-state index in [0.29, 0.717) is 17.3 Å². The lowest BCUT2D eigenvalue weighted by atomic mass is 9.52. The summed E-state index contributed by atoms with van der Waals surface area (Å²) in [5, 5.41) is 3.48. The highest BCUT2D eigenvalue weighted by atomic mass is 16.1. The Bertz CT molecular complexity index is 592. The van der Waals surface area contributed by atoms with Crippen LogP contribution in [0.2, 0.25) is 0 Å². The van der Waals surface area contributed by atoms with E-state index < -0.39 is 0 Å². The number of fused-ring (bicyclic) bond motifs is 2. The van der Waals surface area contributed by atoms with Crippen LogP contribution in [0.4, 0.5) is 0 Å². The highest BCUT2D eigenvalue weighted by Crippen LogP contribution is 2.57. The minimum Gasteiger partial charge on any atom is -0.351 e. The van der Waals surface area contributed by atoms with Gasteiger partial charge in [0.25, 0.3) is 0 Å². The average molecular weight is 460 g/mol. The summed E-state index contributed by atoms with van der Waals surface area (Å²) in [5.74, 6) is 1.07. The van der Waals surface area contributed by atoms with Crippen LogP contribution in [0.5, 0.6) is 0 Å². The summed E-state index contributed by atoms with van der Waals surface area (Å²) >= 11 is 0. The topological polar surface area (TPSA) is 29.1 Å². The first kappa shape index (κ1) is 28.4. The van der Waals surface area contributed by atoms with Gasteiger partial charge in [-0.25, -0.2) is 0 Å². The molecule has 2 aliphatic rings. The van der Waals surface area contributed by atoms with E-state index in [1.165, 1.54) is 103 Å². The van der Waals surface area contributed by atoms with Crippen molar-refractivity contribution in [3.8, 4) is 0 Å². The van der Waals surface area contributed by atoms with Gasteiger partial charge in [0.15, 0.2) is 0 Å². The molecule has 0 radical (unpaired) electrons. The zero-order valence-corrected chi connectivity index (χ0v) is 23.1. The molecule has 2 rings (SSSR count). The Morgan fingerprint density at radius 1 is 0.758 bits per heavy atom. The third-order valence-electron chi connectivity index (χ3n) is 8.19. The number of carbonyl (C=O) groups excluding carboxylic acids is 1. The molecule has 0 saturated heterocycles. The van der Waals surface area contributed by atoms with Crippen LogP contribution in [-0.2, 0) is 4.79 Å². The molecule has 0 heterocycles. The lowest BCUT2D eigenvalue weighted by molar-refractivity contribution is -0.125. The van der Waals surface area contributed by atoms with Gasteiger partial charge in [-0.3, -0.25) is 4.79 Å². The number of amides is 1. The van der Waals surface area contributed by atoms with Gasteiger partial charge in [-0.1, -0.05) is 91.2 Å². The molecule has 3 atom stereocenters. The van der Waals surface area contributed by atoms with Crippen molar-refractivity contribution < 1.29 is 4.79 Å². The van der Waals surface area contributed by atoms with Gasteiger partial charge in [-0.15, -0.1) is 0 Å². The first-order chi connectivity index (χ1) is 15.7. The molecule has 0 spiro atoms. The Hall–Kier alpha value is -0.790. The fraction of sp³-hybridized carbons (Fsp3) is 0.903. The largest absolute Gasteiger partial charge is 0.351 e. The molecule has 33 heavy (non-hydrogen) atoms. The lowest BCUT2D eigenvalue weighted by Crippen LogP contribution is -2.56. The van der Waals surface area contributed by atoms with Crippen LogP contribution in [0.15, 0.2) is 12.2 Å². The van der Waals surface area contributed by atoms with E-state index >= 15 is 0 Å². The van der Waals surface area contributed by atoms with E-state index in [1.54, 1.807) is 0 Å². The average Bonchev–Trinajstić information content (AvgIpc) is 2.67. The van der Waals surface area contributed by atoms with E-state index in [2.05, 4.69) is 52.1 Å². The van der Waals surface area contributed by atoms with Crippen molar-refractivity contribution in [2.75, 3.05) is 0 Å². The van der Waals surface area contributed by atoms with E-state index in [-0.39, 0.29) is 11.4 Å². The fourth-order valence-electron chi connectivity index (χ4n) is 7.63. The molecule has 2 aliphatic carbocycles.